The molecule has 2 saturated heterocycles. The van der Waals surface area contributed by atoms with Crippen LogP contribution in [0.1, 0.15) is 5.69 Å². The number of aromatic hydroxyl groups is 1. The molecule has 0 aliphatic carbocycles. The number of aromatic nitrogens is 2. The summed E-state index contributed by atoms with van der Waals surface area (Å²) in [6.07, 6.45) is -0.0907. The normalized spacial score (nSPS) is 25.2. The van der Waals surface area contributed by atoms with E-state index in [-0.39, 0.29) is 30.2 Å². The maximum absolute atomic E-state index is 12.2. The van der Waals surface area contributed by atoms with Gasteiger partial charge in [-0.15, -0.1) is 0 Å². The van der Waals surface area contributed by atoms with Gasteiger partial charge in [-0.1, -0.05) is 0 Å². The molecule has 2 unspecified atom stereocenters. The van der Waals surface area contributed by atoms with Crippen molar-refractivity contribution in [1.29, 1.82) is 0 Å². The molecule has 1 aromatic rings. The molecule has 2 atom stereocenters. The number of rotatable bonds is 4. The van der Waals surface area contributed by atoms with Crippen LogP contribution in [0.2, 0.25) is 0 Å². The summed E-state index contributed by atoms with van der Waals surface area (Å²) in [5.41, 5.74) is -0.782. The Morgan fingerprint density at radius 2 is 1.67 bits per heavy atom. The molecule has 0 spiro atoms. The van der Waals surface area contributed by atoms with Crippen LogP contribution < -0.4 is 11.2 Å². The Morgan fingerprint density at radius 1 is 1.17 bits per heavy atom. The van der Waals surface area contributed by atoms with Crippen LogP contribution in [-0.2, 0) is 22.6 Å². The molecule has 3 heterocycles. The van der Waals surface area contributed by atoms with Crippen molar-refractivity contribution in [2.75, 3.05) is 13.2 Å². The van der Waals surface area contributed by atoms with Gasteiger partial charge in [-0.05, 0) is 6.92 Å². The van der Waals surface area contributed by atoms with Crippen molar-refractivity contribution in [2.45, 2.75) is 32.2 Å². The van der Waals surface area contributed by atoms with Crippen LogP contribution >= 0.6 is 0 Å². The molecule has 0 aromatic carbocycles. The van der Waals surface area contributed by atoms with E-state index in [0.29, 0.717) is 19.8 Å². The van der Waals surface area contributed by atoms with E-state index in [1.54, 1.807) is 6.92 Å². The van der Waals surface area contributed by atoms with Crippen LogP contribution in [0.15, 0.2) is 9.59 Å². The maximum atomic E-state index is 12.2. The van der Waals surface area contributed by atoms with Crippen LogP contribution in [-0.4, -0.2) is 39.7 Å². The van der Waals surface area contributed by atoms with E-state index in [2.05, 4.69) is 0 Å². The van der Waals surface area contributed by atoms with Gasteiger partial charge in [0.05, 0.1) is 44.2 Å². The number of epoxide rings is 2. The second-order valence-corrected chi connectivity index (χ2v) is 4.65. The lowest BCUT2D eigenvalue weighted by atomic mass is 10.3. The van der Waals surface area contributed by atoms with E-state index in [9.17, 15) is 14.7 Å². The van der Waals surface area contributed by atoms with Gasteiger partial charge in [0.1, 0.15) is 0 Å². The zero-order chi connectivity index (χ0) is 12.9. The number of nitrogens with zero attached hydrogens (tertiary/aromatic N) is 2. The van der Waals surface area contributed by atoms with Crippen molar-refractivity contribution in [3.63, 3.8) is 0 Å². The van der Waals surface area contributed by atoms with Gasteiger partial charge in [0.2, 0.25) is 5.75 Å². The quantitative estimate of drug-likeness (QED) is 0.683. The molecule has 1 aromatic heterocycles. The lowest BCUT2D eigenvalue weighted by Crippen LogP contribution is -2.42. The van der Waals surface area contributed by atoms with Crippen molar-refractivity contribution in [3.8, 4) is 5.75 Å². The molecular weight excluding hydrogens is 240 g/mol. The number of hydrogen-bond donors (Lipinski definition) is 1. The first-order valence-corrected chi connectivity index (χ1v) is 5.84. The summed E-state index contributed by atoms with van der Waals surface area (Å²) < 4.78 is 12.5. The molecule has 98 valence electrons. The SMILES string of the molecule is Cc1c(O)c(=O)n(CC2CO2)c(=O)n1CC1CO1. The monoisotopic (exact) mass is 254 g/mol. The Labute approximate surface area is 102 Å². The van der Waals surface area contributed by atoms with Crippen LogP contribution in [0.3, 0.4) is 0 Å². The van der Waals surface area contributed by atoms with Crippen molar-refractivity contribution in [2.24, 2.45) is 0 Å². The molecular formula is C11H14N2O5. The third-order valence-electron chi connectivity index (χ3n) is 3.23. The predicted molar refractivity (Wildman–Crippen MR) is 60.8 cm³/mol. The van der Waals surface area contributed by atoms with E-state index in [1.807, 2.05) is 0 Å². The molecule has 3 rings (SSSR count). The molecule has 0 saturated carbocycles. The summed E-state index contributed by atoms with van der Waals surface area (Å²) in [7, 11) is 0. The Hall–Kier alpha value is -1.60. The first-order valence-electron chi connectivity index (χ1n) is 5.84. The summed E-state index contributed by atoms with van der Waals surface area (Å²) in [6.45, 7) is 3.27. The summed E-state index contributed by atoms with van der Waals surface area (Å²) in [5.74, 6) is -0.379. The van der Waals surface area contributed by atoms with Gasteiger partial charge >= 0.3 is 5.69 Å². The minimum Gasteiger partial charge on any atom is -0.502 e. The van der Waals surface area contributed by atoms with Gasteiger partial charge in [0, 0.05) is 0 Å². The fourth-order valence-electron chi connectivity index (χ4n) is 1.92. The molecule has 2 aliphatic heterocycles. The summed E-state index contributed by atoms with van der Waals surface area (Å²) in [6, 6.07) is 0. The van der Waals surface area contributed by atoms with Crippen LogP contribution in [0.5, 0.6) is 5.75 Å². The van der Waals surface area contributed by atoms with Gasteiger partial charge in [0.25, 0.3) is 5.56 Å². The zero-order valence-electron chi connectivity index (χ0n) is 9.96. The van der Waals surface area contributed by atoms with Gasteiger partial charge in [-0.2, -0.15) is 0 Å². The van der Waals surface area contributed by atoms with E-state index in [1.165, 1.54) is 4.57 Å². The van der Waals surface area contributed by atoms with E-state index in [4.69, 9.17) is 9.47 Å². The lowest BCUT2D eigenvalue weighted by Gasteiger charge is -2.13. The highest BCUT2D eigenvalue weighted by atomic mass is 16.6. The Bertz CT molecular complexity index is 595. The molecule has 2 fully saturated rings. The first kappa shape index (κ1) is 11.5. The lowest BCUT2D eigenvalue weighted by molar-refractivity contribution is 0.347. The molecule has 0 bridgehead atoms. The molecule has 2 aliphatic rings. The fourth-order valence-corrected chi connectivity index (χ4v) is 1.92. The van der Waals surface area contributed by atoms with Gasteiger partial charge < -0.3 is 14.6 Å². The number of hydrogen-bond acceptors (Lipinski definition) is 5. The topological polar surface area (TPSA) is 89.3 Å². The van der Waals surface area contributed by atoms with Crippen molar-refractivity contribution >= 4 is 0 Å². The second kappa shape index (κ2) is 3.96. The minimum absolute atomic E-state index is 0.00364. The summed E-state index contributed by atoms with van der Waals surface area (Å²) in [4.78, 5) is 24.0. The molecule has 0 radical (unpaired) electrons. The highest BCUT2D eigenvalue weighted by Gasteiger charge is 2.29. The van der Waals surface area contributed by atoms with E-state index >= 15 is 0 Å². The largest absolute Gasteiger partial charge is 0.502 e. The third kappa shape index (κ3) is 1.95. The third-order valence-corrected chi connectivity index (χ3v) is 3.23. The maximum Gasteiger partial charge on any atom is 0.331 e. The van der Waals surface area contributed by atoms with Crippen LogP contribution in [0, 0.1) is 6.92 Å². The number of ether oxygens (including phenoxy) is 2. The van der Waals surface area contributed by atoms with Gasteiger partial charge in [-0.25, -0.2) is 4.79 Å². The first-order chi connectivity index (χ1) is 8.58. The van der Waals surface area contributed by atoms with Crippen LogP contribution in [0.25, 0.3) is 0 Å². The highest BCUT2D eigenvalue weighted by molar-refractivity contribution is 5.22. The van der Waals surface area contributed by atoms with Crippen molar-refractivity contribution in [1.82, 2.24) is 9.13 Å². The van der Waals surface area contributed by atoms with Crippen LogP contribution in [0.4, 0.5) is 0 Å². The summed E-state index contributed by atoms with van der Waals surface area (Å²) >= 11 is 0. The molecule has 1 N–H and O–H groups in total. The zero-order valence-corrected chi connectivity index (χ0v) is 9.96. The molecule has 0 amide bonds. The molecule has 7 heteroatoms. The average molecular weight is 254 g/mol. The van der Waals surface area contributed by atoms with E-state index in [0.717, 1.165) is 4.57 Å². The minimum atomic E-state index is -0.652. The Morgan fingerprint density at radius 3 is 2.17 bits per heavy atom. The molecule has 18 heavy (non-hydrogen) atoms. The van der Waals surface area contributed by atoms with Gasteiger partial charge in [0.15, 0.2) is 0 Å². The van der Waals surface area contributed by atoms with Crippen molar-refractivity contribution in [3.05, 3.63) is 26.5 Å². The molecule has 7 nitrogen and oxygen atoms in total. The fraction of sp³-hybridized carbons (Fsp3) is 0.636. The smallest absolute Gasteiger partial charge is 0.331 e. The summed E-state index contributed by atoms with van der Waals surface area (Å²) in [5, 5.41) is 9.78. The predicted octanol–water partition coefficient (Wildman–Crippen LogP) is -1.18. The second-order valence-electron chi connectivity index (χ2n) is 4.65. The highest BCUT2D eigenvalue weighted by Crippen LogP contribution is 2.15. The van der Waals surface area contributed by atoms with E-state index < -0.39 is 11.2 Å². The van der Waals surface area contributed by atoms with Gasteiger partial charge in [-0.3, -0.25) is 13.9 Å². The van der Waals surface area contributed by atoms with Crippen molar-refractivity contribution < 1.29 is 14.6 Å². The Balaban J connectivity index is 2.08. The standard InChI is InChI=1S/C11H14N2O5/c1-6-9(14)10(15)13(3-8-5-18-8)11(16)12(6)2-7-4-17-7/h7-8,14H,2-5H2,1H3. The average Bonchev–Trinajstić information content (AvgIpc) is 3.22. The Kier molecular flexibility index (Phi) is 2.53.